The fourth-order valence-electron chi connectivity index (χ4n) is 7.72. The predicted molar refractivity (Wildman–Crippen MR) is 214 cm³/mol. The highest BCUT2D eigenvalue weighted by Crippen LogP contribution is 2.42. The topological polar surface area (TPSA) is 251 Å². The van der Waals surface area contributed by atoms with Crippen LogP contribution in [0.15, 0.2) is 38.9 Å². The number of hydrogen-bond acceptors (Lipinski definition) is 17. The number of nitrogen functional groups attached to an aromatic ring is 1. The number of amides is 2. The Balaban J connectivity index is 1.01. The van der Waals surface area contributed by atoms with Gasteiger partial charge in [-0.15, -0.1) is 23.1 Å². The first-order valence-corrected chi connectivity index (χ1v) is 20.8. The Morgan fingerprint density at radius 2 is 1.90 bits per heavy atom. The first kappa shape index (κ1) is 42.1. The SMILES string of the molecule is CO/N=C(\C(=O)N[C@@H]1C(=O)N2C(C(=O)OC(C)C(=O)OC3CCN(c4c(F)cc5c(=O)c(C(=O)O)cn6c5c4CCC6C)CC3)=C(COC(C)=O)CS[C@H]12)c1csc(N)n1. The molecule has 2 amide bonds. The molecule has 0 aliphatic carbocycles. The quantitative estimate of drug-likeness (QED) is 0.0775. The molecule has 4 atom stereocenters. The molecule has 22 heteroatoms. The van der Waals surface area contributed by atoms with Crippen LogP contribution in [0.3, 0.4) is 0 Å². The van der Waals surface area contributed by atoms with Crippen LogP contribution in [-0.2, 0) is 49.4 Å². The summed E-state index contributed by atoms with van der Waals surface area (Å²) in [4.78, 5) is 102. The number of hydrogen-bond donors (Lipinski definition) is 3. The van der Waals surface area contributed by atoms with Crippen LogP contribution in [-0.4, -0.2) is 117 Å². The molecule has 0 spiro atoms. The van der Waals surface area contributed by atoms with Crippen LogP contribution < -0.4 is 21.4 Å². The molecular weight excluding hydrogens is 830 g/mol. The Kier molecular flexibility index (Phi) is 11.9. The van der Waals surface area contributed by atoms with Crippen molar-refractivity contribution in [2.45, 2.75) is 76.1 Å². The number of piperidine rings is 1. The van der Waals surface area contributed by atoms with Crippen LogP contribution >= 0.6 is 23.1 Å². The number of thioether (sulfide) groups is 1. The van der Waals surface area contributed by atoms with Crippen molar-refractivity contribution in [1.29, 1.82) is 0 Å². The number of nitrogens with zero attached hydrogens (tertiary/aromatic N) is 5. The van der Waals surface area contributed by atoms with Gasteiger partial charge in [0.15, 0.2) is 16.9 Å². The van der Waals surface area contributed by atoms with Crippen molar-refractivity contribution >= 4 is 86.2 Å². The van der Waals surface area contributed by atoms with E-state index in [2.05, 4.69) is 15.5 Å². The van der Waals surface area contributed by atoms with E-state index in [1.165, 1.54) is 44.3 Å². The van der Waals surface area contributed by atoms with E-state index in [1.54, 1.807) is 4.57 Å². The van der Waals surface area contributed by atoms with Crippen LogP contribution in [0, 0.1) is 5.82 Å². The number of nitrogens with two attached hydrogens (primary N) is 1. The smallest absolute Gasteiger partial charge is 0.356 e. The van der Waals surface area contributed by atoms with Crippen molar-refractivity contribution in [2.75, 3.05) is 43.2 Å². The van der Waals surface area contributed by atoms with Crippen molar-refractivity contribution in [2.24, 2.45) is 5.16 Å². The molecule has 0 bridgehead atoms. The first-order chi connectivity index (χ1) is 28.6. The molecule has 2 unspecified atom stereocenters. The summed E-state index contributed by atoms with van der Waals surface area (Å²) in [7, 11) is 1.23. The average Bonchev–Trinajstić information content (AvgIpc) is 3.65. The highest BCUT2D eigenvalue weighted by atomic mass is 32.2. The lowest BCUT2D eigenvalue weighted by Crippen LogP contribution is -2.71. The number of benzene rings is 1. The van der Waals surface area contributed by atoms with Gasteiger partial charge in [0.05, 0.1) is 11.2 Å². The molecule has 3 aromatic rings. The zero-order chi connectivity index (χ0) is 43.2. The van der Waals surface area contributed by atoms with Crippen LogP contribution in [0.5, 0.6) is 0 Å². The predicted octanol–water partition coefficient (Wildman–Crippen LogP) is 2.10. The van der Waals surface area contributed by atoms with Gasteiger partial charge in [-0.1, -0.05) is 5.16 Å². The summed E-state index contributed by atoms with van der Waals surface area (Å²) in [5.74, 6) is -5.94. The van der Waals surface area contributed by atoms with Crippen LogP contribution in [0.25, 0.3) is 10.9 Å². The number of aromatic nitrogens is 2. The third kappa shape index (κ3) is 7.87. The second kappa shape index (κ2) is 16.9. The number of halogens is 1. The molecule has 0 saturated carbocycles. The van der Waals surface area contributed by atoms with Gasteiger partial charge in [-0.3, -0.25) is 24.1 Å². The third-order valence-electron chi connectivity index (χ3n) is 10.7. The lowest BCUT2D eigenvalue weighted by molar-refractivity contribution is -0.170. The largest absolute Gasteiger partial charge is 0.477 e. The molecule has 4 aliphatic rings. The van der Waals surface area contributed by atoms with Crippen molar-refractivity contribution in [1.82, 2.24) is 19.8 Å². The highest BCUT2D eigenvalue weighted by molar-refractivity contribution is 8.00. The monoisotopic (exact) mass is 869 g/mol. The summed E-state index contributed by atoms with van der Waals surface area (Å²) in [6.07, 6.45) is 0.929. The number of thiazole rings is 1. The van der Waals surface area contributed by atoms with Gasteiger partial charge in [-0.2, -0.15) is 0 Å². The van der Waals surface area contributed by atoms with E-state index in [1.807, 2.05) is 11.8 Å². The molecule has 1 aromatic carbocycles. The Bertz CT molecular complexity index is 2440. The molecule has 2 fully saturated rings. The molecule has 0 radical (unpaired) electrons. The normalized spacial score (nSPS) is 20.9. The van der Waals surface area contributed by atoms with E-state index in [-0.39, 0.29) is 64.7 Å². The number of carbonyl (C=O) groups excluding carboxylic acids is 5. The zero-order valence-electron chi connectivity index (χ0n) is 32.7. The van der Waals surface area contributed by atoms with E-state index >= 15 is 4.39 Å². The fraction of sp³-hybridized carbons (Fsp3) is 0.447. The lowest BCUT2D eigenvalue weighted by atomic mass is 9.93. The minimum Gasteiger partial charge on any atom is -0.477 e. The number of carboxylic acids is 1. The molecule has 4 N–H and O–H groups in total. The maximum absolute atomic E-state index is 15.8. The molecule has 7 rings (SSSR count). The van der Waals surface area contributed by atoms with Gasteiger partial charge < -0.3 is 44.7 Å². The van der Waals surface area contributed by atoms with Crippen LogP contribution in [0.1, 0.15) is 67.7 Å². The number of aryl methyl sites for hydroxylation is 1. The van der Waals surface area contributed by atoms with Gasteiger partial charge >= 0.3 is 23.9 Å². The Morgan fingerprint density at radius 1 is 1.17 bits per heavy atom. The number of fused-ring (bicyclic) bond motifs is 1. The Morgan fingerprint density at radius 3 is 2.55 bits per heavy atom. The molecule has 60 heavy (non-hydrogen) atoms. The summed E-state index contributed by atoms with van der Waals surface area (Å²) in [6, 6.07) is -0.124. The number of ether oxygens (including phenoxy) is 3. The van der Waals surface area contributed by atoms with Gasteiger partial charge in [0.1, 0.15) is 54.0 Å². The number of anilines is 2. The van der Waals surface area contributed by atoms with Crippen molar-refractivity contribution in [3.8, 4) is 0 Å². The number of β-lactam (4-membered cyclic amide) rings is 1. The summed E-state index contributed by atoms with van der Waals surface area (Å²) in [5.41, 5.74) is 5.87. The number of carbonyl (C=O) groups is 6. The molecule has 2 aromatic heterocycles. The van der Waals surface area contributed by atoms with E-state index < -0.39 is 76.1 Å². The van der Waals surface area contributed by atoms with Gasteiger partial charge in [0.25, 0.3) is 11.8 Å². The maximum atomic E-state index is 15.8. The molecule has 6 heterocycles. The summed E-state index contributed by atoms with van der Waals surface area (Å²) in [6.45, 7) is 4.63. The number of nitrogens with one attached hydrogen (secondary N) is 1. The maximum Gasteiger partial charge on any atom is 0.356 e. The van der Waals surface area contributed by atoms with Crippen LogP contribution in [0.2, 0.25) is 0 Å². The third-order valence-corrected chi connectivity index (χ3v) is 12.7. The molecule has 2 saturated heterocycles. The zero-order valence-corrected chi connectivity index (χ0v) is 34.4. The first-order valence-electron chi connectivity index (χ1n) is 18.8. The highest BCUT2D eigenvalue weighted by Gasteiger charge is 2.55. The van der Waals surface area contributed by atoms with Gasteiger partial charge in [0, 0.05) is 72.7 Å². The van der Waals surface area contributed by atoms with E-state index in [4.69, 9.17) is 24.8 Å². The molecular formula is C38H40FN7O12S2. The summed E-state index contributed by atoms with van der Waals surface area (Å²) < 4.78 is 34.0. The number of oxime groups is 1. The van der Waals surface area contributed by atoms with Gasteiger partial charge in [-0.05, 0) is 32.8 Å². The number of rotatable bonds is 12. The van der Waals surface area contributed by atoms with Gasteiger partial charge in [0.2, 0.25) is 5.43 Å². The van der Waals surface area contributed by atoms with Crippen molar-refractivity contribution in [3.05, 3.63) is 61.8 Å². The fourth-order valence-corrected chi connectivity index (χ4v) is 9.60. The lowest BCUT2D eigenvalue weighted by Gasteiger charge is -2.49. The minimum atomic E-state index is -1.44. The minimum absolute atomic E-state index is 0.00673. The second-order valence-electron chi connectivity index (χ2n) is 14.5. The number of pyridine rings is 1. The standard InChI is InChI=1S/C38H40FN7O12S2/c1-16-5-6-21-29-22(31(48)23(35(51)52)12-45(16)29)11-24(39)30(21)44-9-7-20(8-10-44)58-36(53)17(2)57-37(54)28-19(13-56-18(3)47)14-59-34-27(33(50)46(28)34)42-32(49)26(43-55-4)25-15-60-38(40)41-25/h11-12,15-17,20,27,34H,5-10,13-14H2,1-4H3,(H2,40,41)(H,42,49)(H,51,52)/b43-26-/t16?,17?,27-,34-/m1/s1. The van der Waals surface area contributed by atoms with E-state index in [0.29, 0.717) is 42.5 Å². The summed E-state index contributed by atoms with van der Waals surface area (Å²) in [5, 5.41) is 16.9. The van der Waals surface area contributed by atoms with Crippen LogP contribution in [0.4, 0.5) is 15.2 Å². The van der Waals surface area contributed by atoms with Crippen molar-refractivity contribution < 1.29 is 57.3 Å². The Labute approximate surface area is 348 Å². The average molecular weight is 870 g/mol. The van der Waals surface area contributed by atoms with Gasteiger partial charge in [-0.25, -0.2) is 23.8 Å². The Hall–Kier alpha value is -6.03. The van der Waals surface area contributed by atoms with Crippen molar-refractivity contribution in [3.63, 3.8) is 0 Å². The number of esters is 3. The van der Waals surface area contributed by atoms with E-state index in [0.717, 1.165) is 22.3 Å². The van der Waals surface area contributed by atoms with E-state index in [9.17, 15) is 38.7 Å². The summed E-state index contributed by atoms with van der Waals surface area (Å²) >= 11 is 2.28. The number of aromatic carboxylic acids is 1. The molecule has 4 aliphatic heterocycles. The molecule has 318 valence electrons. The number of carboxylic acid groups (broad SMARTS) is 1. The second-order valence-corrected chi connectivity index (χ2v) is 16.5. The molecule has 19 nitrogen and oxygen atoms in total.